The number of rotatable bonds is 12. The molecule has 0 aliphatic carbocycles. The van der Waals surface area contributed by atoms with Crippen molar-refractivity contribution in [2.45, 2.75) is 26.2 Å². The van der Waals surface area contributed by atoms with Crippen LogP contribution in [0.3, 0.4) is 0 Å². The van der Waals surface area contributed by atoms with Crippen molar-refractivity contribution < 1.29 is 34.0 Å². The van der Waals surface area contributed by atoms with Gasteiger partial charge in [-0.3, -0.25) is 0 Å². The van der Waals surface area contributed by atoms with E-state index in [9.17, 15) is 0 Å². The average Bonchev–Trinajstić information content (AvgIpc) is 2.64. The third-order valence-corrected chi connectivity index (χ3v) is 3.33. The molecule has 3 N–H and O–H groups in total. The summed E-state index contributed by atoms with van der Waals surface area (Å²) in [4.78, 5) is 18.2. The molecular weight excluding hydrogens is 354 g/mol. The number of hydrogen-bond acceptors (Lipinski definition) is 6. The molecule has 1 rings (SSSR count). The van der Waals surface area contributed by atoms with Crippen molar-refractivity contribution in [1.29, 1.82) is 0 Å². The van der Waals surface area contributed by atoms with Gasteiger partial charge in [-0.15, -0.1) is 0 Å². The SMILES string of the molecule is COCCCNCCOCCOc1cccc(C(C)C)c1.O=C(O)C(=O)O. The van der Waals surface area contributed by atoms with E-state index in [1.54, 1.807) is 7.11 Å². The largest absolute Gasteiger partial charge is 0.491 e. The molecule has 1 aromatic rings. The second-order valence-electron chi connectivity index (χ2n) is 5.89. The molecule has 0 amide bonds. The third kappa shape index (κ3) is 14.7. The lowest BCUT2D eigenvalue weighted by Crippen LogP contribution is -2.22. The Labute approximate surface area is 160 Å². The van der Waals surface area contributed by atoms with Gasteiger partial charge in [-0.1, -0.05) is 26.0 Å². The number of hydrogen-bond donors (Lipinski definition) is 3. The Morgan fingerprint density at radius 1 is 1.04 bits per heavy atom. The minimum Gasteiger partial charge on any atom is -0.491 e. The van der Waals surface area contributed by atoms with Crippen molar-refractivity contribution in [2.75, 3.05) is 46.6 Å². The zero-order valence-corrected chi connectivity index (χ0v) is 16.3. The van der Waals surface area contributed by atoms with Gasteiger partial charge in [0, 0.05) is 20.3 Å². The molecular formula is C19H31NO7. The predicted molar refractivity (Wildman–Crippen MR) is 101 cm³/mol. The molecule has 0 atom stereocenters. The highest BCUT2D eigenvalue weighted by atomic mass is 16.5. The Hall–Kier alpha value is -2.16. The average molecular weight is 385 g/mol. The van der Waals surface area contributed by atoms with Crippen LogP contribution in [0.15, 0.2) is 24.3 Å². The molecule has 0 unspecified atom stereocenters. The topological polar surface area (TPSA) is 114 Å². The van der Waals surface area contributed by atoms with E-state index in [0.717, 1.165) is 31.9 Å². The van der Waals surface area contributed by atoms with Gasteiger partial charge < -0.3 is 29.7 Å². The van der Waals surface area contributed by atoms with Crippen molar-refractivity contribution in [3.63, 3.8) is 0 Å². The van der Waals surface area contributed by atoms with Crippen molar-refractivity contribution in [1.82, 2.24) is 5.32 Å². The summed E-state index contributed by atoms with van der Waals surface area (Å²) in [5.74, 6) is -2.21. The van der Waals surface area contributed by atoms with Crippen molar-refractivity contribution in [3.05, 3.63) is 29.8 Å². The maximum Gasteiger partial charge on any atom is 0.414 e. The summed E-state index contributed by atoms with van der Waals surface area (Å²) in [5, 5.41) is 18.1. The maximum absolute atomic E-state index is 9.10. The van der Waals surface area contributed by atoms with Crippen molar-refractivity contribution >= 4 is 11.9 Å². The summed E-state index contributed by atoms with van der Waals surface area (Å²) in [6.45, 7) is 8.92. The molecule has 0 aliphatic rings. The molecule has 27 heavy (non-hydrogen) atoms. The Bertz CT molecular complexity index is 523. The monoisotopic (exact) mass is 385 g/mol. The van der Waals surface area contributed by atoms with Crippen LogP contribution in [0, 0.1) is 0 Å². The third-order valence-electron chi connectivity index (χ3n) is 3.33. The van der Waals surface area contributed by atoms with Gasteiger partial charge in [0.05, 0.1) is 13.2 Å². The van der Waals surface area contributed by atoms with Crippen LogP contribution in [-0.2, 0) is 19.1 Å². The number of benzene rings is 1. The van der Waals surface area contributed by atoms with Crippen LogP contribution in [-0.4, -0.2) is 68.8 Å². The van der Waals surface area contributed by atoms with Crippen LogP contribution in [0.2, 0.25) is 0 Å². The van der Waals surface area contributed by atoms with Crippen LogP contribution >= 0.6 is 0 Å². The minimum absolute atomic E-state index is 0.522. The summed E-state index contributed by atoms with van der Waals surface area (Å²) in [7, 11) is 1.72. The second kappa shape index (κ2) is 16.0. The van der Waals surface area contributed by atoms with E-state index in [2.05, 4.69) is 31.3 Å². The zero-order valence-electron chi connectivity index (χ0n) is 16.3. The molecule has 8 heteroatoms. The fourth-order valence-electron chi connectivity index (χ4n) is 1.89. The highest BCUT2D eigenvalue weighted by Crippen LogP contribution is 2.19. The van der Waals surface area contributed by atoms with Crippen LogP contribution in [0.25, 0.3) is 0 Å². The first-order valence-corrected chi connectivity index (χ1v) is 8.84. The van der Waals surface area contributed by atoms with E-state index in [0.29, 0.717) is 25.7 Å². The second-order valence-corrected chi connectivity index (χ2v) is 5.89. The van der Waals surface area contributed by atoms with E-state index < -0.39 is 11.9 Å². The van der Waals surface area contributed by atoms with Crippen LogP contribution < -0.4 is 10.1 Å². The lowest BCUT2D eigenvalue weighted by atomic mass is 10.0. The molecule has 0 aromatic heterocycles. The van der Waals surface area contributed by atoms with Crippen LogP contribution in [0.1, 0.15) is 31.7 Å². The first-order chi connectivity index (χ1) is 12.9. The summed E-state index contributed by atoms with van der Waals surface area (Å²) in [6, 6.07) is 8.25. The van der Waals surface area contributed by atoms with Gasteiger partial charge in [0.2, 0.25) is 0 Å². The number of methoxy groups -OCH3 is 1. The lowest BCUT2D eigenvalue weighted by molar-refractivity contribution is -0.159. The number of nitrogens with one attached hydrogen (secondary N) is 1. The first-order valence-electron chi connectivity index (χ1n) is 8.84. The van der Waals surface area contributed by atoms with Crippen LogP contribution in [0.4, 0.5) is 0 Å². The van der Waals surface area contributed by atoms with Gasteiger partial charge in [0.15, 0.2) is 0 Å². The predicted octanol–water partition coefficient (Wildman–Crippen LogP) is 1.99. The first kappa shape index (κ1) is 24.8. The molecule has 1 aromatic carbocycles. The molecule has 0 saturated heterocycles. The van der Waals surface area contributed by atoms with Gasteiger partial charge in [-0.25, -0.2) is 9.59 Å². The van der Waals surface area contributed by atoms with E-state index in [1.165, 1.54) is 5.56 Å². The van der Waals surface area contributed by atoms with Crippen molar-refractivity contribution in [2.24, 2.45) is 0 Å². The molecule has 154 valence electrons. The number of carbonyl (C=O) groups is 2. The number of aliphatic carboxylic acids is 2. The Morgan fingerprint density at radius 3 is 2.33 bits per heavy atom. The van der Waals surface area contributed by atoms with E-state index >= 15 is 0 Å². The molecule has 0 bridgehead atoms. The number of carboxylic acid groups (broad SMARTS) is 2. The normalized spacial score (nSPS) is 10.2. The fraction of sp³-hybridized carbons (Fsp3) is 0.579. The summed E-state index contributed by atoms with van der Waals surface area (Å²) in [5.41, 5.74) is 1.30. The minimum atomic E-state index is -1.82. The quantitative estimate of drug-likeness (QED) is 0.370. The number of ether oxygens (including phenoxy) is 3. The smallest absolute Gasteiger partial charge is 0.414 e. The van der Waals surface area contributed by atoms with Gasteiger partial charge in [0.1, 0.15) is 12.4 Å². The Balaban J connectivity index is 0.000000972. The molecule has 0 aliphatic heterocycles. The van der Waals surface area contributed by atoms with Gasteiger partial charge in [-0.05, 0) is 36.6 Å². The molecule has 0 saturated carbocycles. The fourth-order valence-corrected chi connectivity index (χ4v) is 1.89. The molecule has 0 fully saturated rings. The summed E-state index contributed by atoms with van der Waals surface area (Å²) in [6.07, 6.45) is 1.03. The summed E-state index contributed by atoms with van der Waals surface area (Å²) < 4.78 is 16.2. The van der Waals surface area contributed by atoms with E-state index in [1.807, 2.05) is 12.1 Å². The molecule has 0 heterocycles. The Morgan fingerprint density at radius 2 is 1.74 bits per heavy atom. The van der Waals surface area contributed by atoms with Gasteiger partial charge in [-0.2, -0.15) is 0 Å². The van der Waals surface area contributed by atoms with Crippen molar-refractivity contribution in [3.8, 4) is 5.75 Å². The molecule has 0 spiro atoms. The van der Waals surface area contributed by atoms with E-state index in [-0.39, 0.29) is 0 Å². The zero-order chi connectivity index (χ0) is 20.5. The highest BCUT2D eigenvalue weighted by Gasteiger charge is 2.04. The number of carboxylic acids is 2. The summed E-state index contributed by atoms with van der Waals surface area (Å²) >= 11 is 0. The highest BCUT2D eigenvalue weighted by molar-refractivity contribution is 6.27. The molecule has 8 nitrogen and oxygen atoms in total. The Kier molecular flexibility index (Phi) is 14.8. The van der Waals surface area contributed by atoms with E-state index in [4.69, 9.17) is 34.0 Å². The lowest BCUT2D eigenvalue weighted by Gasteiger charge is -2.10. The maximum atomic E-state index is 9.10. The van der Waals surface area contributed by atoms with Crippen LogP contribution in [0.5, 0.6) is 5.75 Å². The standard InChI is InChI=1S/C17H29NO3.C2H2O4/c1-15(2)16-6-4-7-17(14-16)21-13-12-20-11-9-18-8-5-10-19-3;3-1(4)2(5)6/h4,6-7,14-15,18H,5,8-13H2,1-3H3;(H,3,4)(H,5,6). The molecule has 0 radical (unpaired) electrons. The van der Waals surface area contributed by atoms with Gasteiger partial charge in [0.25, 0.3) is 0 Å². The van der Waals surface area contributed by atoms with Gasteiger partial charge >= 0.3 is 11.9 Å².